The summed E-state index contributed by atoms with van der Waals surface area (Å²) in [4.78, 5) is 2.62. The first kappa shape index (κ1) is 13.9. The fraction of sp³-hybridized carbons (Fsp3) is 0.667. The van der Waals surface area contributed by atoms with Crippen LogP contribution in [-0.4, -0.2) is 23.1 Å². The monoisotopic (exact) mass is 273 g/mol. The van der Waals surface area contributed by atoms with Crippen molar-refractivity contribution < 1.29 is 5.11 Å². The number of hydrogen-bond donors (Lipinski definition) is 1. The van der Waals surface area contributed by atoms with Crippen LogP contribution in [0, 0.1) is 5.92 Å². The van der Waals surface area contributed by atoms with Gasteiger partial charge in [-0.3, -0.25) is 4.90 Å². The summed E-state index contributed by atoms with van der Waals surface area (Å²) in [6.07, 6.45) is 9.20. The van der Waals surface area contributed by atoms with Crippen LogP contribution in [0.15, 0.2) is 18.2 Å². The largest absolute Gasteiger partial charge is 0.508 e. The van der Waals surface area contributed by atoms with Crippen molar-refractivity contribution in [1.82, 2.24) is 4.90 Å². The summed E-state index contributed by atoms with van der Waals surface area (Å²) in [7, 11) is 2.31. The third-order valence-electron chi connectivity index (χ3n) is 5.63. The Balaban J connectivity index is 1.69. The van der Waals surface area contributed by atoms with E-state index in [1.54, 1.807) is 0 Å². The number of hydrogen-bond acceptors (Lipinski definition) is 2. The zero-order chi connectivity index (χ0) is 14.1. The van der Waals surface area contributed by atoms with Gasteiger partial charge in [-0.25, -0.2) is 0 Å². The summed E-state index contributed by atoms with van der Waals surface area (Å²) < 4.78 is 0. The number of benzene rings is 1. The van der Waals surface area contributed by atoms with Crippen molar-refractivity contribution in [3.8, 4) is 5.75 Å². The molecule has 1 aromatic rings. The van der Waals surface area contributed by atoms with E-state index in [1.807, 2.05) is 12.1 Å². The molecule has 3 rings (SSSR count). The van der Waals surface area contributed by atoms with Gasteiger partial charge in [-0.05, 0) is 74.8 Å². The van der Waals surface area contributed by atoms with E-state index in [9.17, 15) is 5.11 Å². The van der Waals surface area contributed by atoms with E-state index in [2.05, 4.69) is 24.9 Å². The van der Waals surface area contributed by atoms with Gasteiger partial charge in [0.15, 0.2) is 0 Å². The Kier molecular flexibility index (Phi) is 4.02. The van der Waals surface area contributed by atoms with Crippen LogP contribution in [0.4, 0.5) is 0 Å². The topological polar surface area (TPSA) is 23.5 Å². The molecule has 1 N–H and O–H groups in total. The zero-order valence-corrected chi connectivity index (χ0v) is 12.8. The molecule has 2 aliphatic carbocycles. The van der Waals surface area contributed by atoms with Crippen LogP contribution in [0.2, 0.25) is 0 Å². The molecule has 0 heterocycles. The second kappa shape index (κ2) is 5.77. The van der Waals surface area contributed by atoms with E-state index < -0.39 is 0 Å². The molecule has 1 aromatic carbocycles. The van der Waals surface area contributed by atoms with Crippen LogP contribution in [0.1, 0.15) is 62.6 Å². The number of phenols is 1. The average Bonchev–Trinajstić information content (AvgIpc) is 2.89. The van der Waals surface area contributed by atoms with Crippen molar-refractivity contribution in [2.24, 2.45) is 5.92 Å². The van der Waals surface area contributed by atoms with Gasteiger partial charge in [-0.2, -0.15) is 0 Å². The van der Waals surface area contributed by atoms with E-state index in [0.29, 0.717) is 11.8 Å². The minimum atomic E-state index is 0.413. The van der Waals surface area contributed by atoms with Crippen molar-refractivity contribution >= 4 is 0 Å². The van der Waals surface area contributed by atoms with Crippen LogP contribution in [0.3, 0.4) is 0 Å². The second-order valence-electron chi connectivity index (χ2n) is 6.69. The molecule has 2 heteroatoms. The maximum atomic E-state index is 9.61. The molecule has 110 valence electrons. The van der Waals surface area contributed by atoms with Gasteiger partial charge in [0.05, 0.1) is 0 Å². The standard InChI is InChI=1S/C18H27NO/c1-3-13-4-7-15(8-5-13)19(2)18-11-6-14-12-16(20)9-10-17(14)18/h9-10,12-13,15,18,20H,3-8,11H2,1-2H3. The minimum absolute atomic E-state index is 0.413. The summed E-state index contributed by atoms with van der Waals surface area (Å²) in [6, 6.07) is 7.25. The molecule has 0 saturated heterocycles. The molecule has 0 amide bonds. The lowest BCUT2D eigenvalue weighted by molar-refractivity contribution is 0.119. The number of phenolic OH excluding ortho intramolecular Hbond substituents is 1. The van der Waals surface area contributed by atoms with E-state index in [1.165, 1.54) is 49.7 Å². The van der Waals surface area contributed by atoms with Gasteiger partial charge in [-0.15, -0.1) is 0 Å². The molecule has 0 spiro atoms. The van der Waals surface area contributed by atoms with E-state index >= 15 is 0 Å². The lowest BCUT2D eigenvalue weighted by atomic mass is 9.83. The van der Waals surface area contributed by atoms with Gasteiger partial charge >= 0.3 is 0 Å². The number of fused-ring (bicyclic) bond motifs is 1. The normalized spacial score (nSPS) is 29.6. The zero-order valence-electron chi connectivity index (χ0n) is 12.8. The van der Waals surface area contributed by atoms with E-state index in [4.69, 9.17) is 0 Å². The van der Waals surface area contributed by atoms with Gasteiger partial charge in [-0.1, -0.05) is 19.4 Å². The highest BCUT2D eigenvalue weighted by Gasteiger charge is 2.31. The molecular weight excluding hydrogens is 246 g/mol. The predicted octanol–water partition coefficient (Wildman–Crippen LogP) is 4.28. The van der Waals surface area contributed by atoms with Crippen LogP contribution in [-0.2, 0) is 6.42 Å². The molecule has 0 aromatic heterocycles. The third kappa shape index (κ3) is 2.58. The van der Waals surface area contributed by atoms with Gasteiger partial charge < -0.3 is 5.11 Å². The SMILES string of the molecule is CCC1CCC(N(C)C2CCc3cc(O)ccc32)CC1. The van der Waals surface area contributed by atoms with Crippen molar-refractivity contribution in [1.29, 1.82) is 0 Å². The Hall–Kier alpha value is -1.02. The first-order valence-electron chi connectivity index (χ1n) is 8.22. The predicted molar refractivity (Wildman–Crippen MR) is 83.0 cm³/mol. The Labute approximate surface area is 122 Å². The lowest BCUT2D eigenvalue weighted by Crippen LogP contribution is -2.37. The van der Waals surface area contributed by atoms with Crippen LogP contribution in [0.25, 0.3) is 0 Å². The molecular formula is C18H27NO. The molecule has 1 unspecified atom stereocenters. The van der Waals surface area contributed by atoms with Crippen molar-refractivity contribution in [3.05, 3.63) is 29.3 Å². The van der Waals surface area contributed by atoms with Crippen molar-refractivity contribution in [3.63, 3.8) is 0 Å². The Morgan fingerprint density at radius 2 is 1.90 bits per heavy atom. The Bertz CT molecular complexity index is 462. The average molecular weight is 273 g/mol. The van der Waals surface area contributed by atoms with E-state index in [-0.39, 0.29) is 0 Å². The van der Waals surface area contributed by atoms with Gasteiger partial charge in [0.25, 0.3) is 0 Å². The third-order valence-corrected chi connectivity index (χ3v) is 5.63. The Morgan fingerprint density at radius 1 is 1.15 bits per heavy atom. The summed E-state index contributed by atoms with van der Waals surface area (Å²) >= 11 is 0. The molecule has 1 fully saturated rings. The second-order valence-corrected chi connectivity index (χ2v) is 6.69. The van der Waals surface area contributed by atoms with Gasteiger partial charge in [0.2, 0.25) is 0 Å². The van der Waals surface area contributed by atoms with Gasteiger partial charge in [0.1, 0.15) is 5.75 Å². The highest BCUT2D eigenvalue weighted by atomic mass is 16.3. The quantitative estimate of drug-likeness (QED) is 0.888. The highest BCUT2D eigenvalue weighted by molar-refractivity contribution is 5.40. The van der Waals surface area contributed by atoms with E-state index in [0.717, 1.165) is 18.4 Å². The number of rotatable bonds is 3. The number of nitrogens with zero attached hydrogens (tertiary/aromatic N) is 1. The van der Waals surface area contributed by atoms with Crippen LogP contribution in [0.5, 0.6) is 5.75 Å². The first-order chi connectivity index (χ1) is 9.69. The maximum Gasteiger partial charge on any atom is 0.115 e. The van der Waals surface area contributed by atoms with Crippen molar-refractivity contribution in [2.75, 3.05) is 7.05 Å². The lowest BCUT2D eigenvalue weighted by Gasteiger charge is -2.38. The van der Waals surface area contributed by atoms with Crippen molar-refractivity contribution in [2.45, 2.75) is 64.0 Å². The smallest absolute Gasteiger partial charge is 0.115 e. The summed E-state index contributed by atoms with van der Waals surface area (Å²) in [6.45, 7) is 2.33. The van der Waals surface area contributed by atoms with Crippen LogP contribution >= 0.6 is 0 Å². The molecule has 1 saturated carbocycles. The Morgan fingerprint density at radius 3 is 2.60 bits per heavy atom. The molecule has 1 atom stereocenters. The molecule has 0 radical (unpaired) electrons. The fourth-order valence-corrected chi connectivity index (χ4v) is 4.22. The molecule has 0 bridgehead atoms. The van der Waals surface area contributed by atoms with Gasteiger partial charge in [0, 0.05) is 12.1 Å². The first-order valence-corrected chi connectivity index (χ1v) is 8.22. The molecule has 2 aliphatic rings. The molecule has 20 heavy (non-hydrogen) atoms. The highest BCUT2D eigenvalue weighted by Crippen LogP contribution is 2.40. The van der Waals surface area contributed by atoms with Crippen LogP contribution < -0.4 is 0 Å². The summed E-state index contributed by atoms with van der Waals surface area (Å²) in [5.74, 6) is 1.38. The fourth-order valence-electron chi connectivity index (χ4n) is 4.22. The summed E-state index contributed by atoms with van der Waals surface area (Å²) in [5.41, 5.74) is 2.80. The number of aryl methyl sites for hydroxylation is 1. The molecule has 2 nitrogen and oxygen atoms in total. The maximum absolute atomic E-state index is 9.61. The minimum Gasteiger partial charge on any atom is -0.508 e. The summed E-state index contributed by atoms with van der Waals surface area (Å²) in [5, 5.41) is 9.61. The molecule has 0 aliphatic heterocycles. The number of aromatic hydroxyl groups is 1.